The van der Waals surface area contributed by atoms with E-state index < -0.39 is 0 Å². The second-order valence-corrected chi connectivity index (χ2v) is 5.76. The molecule has 3 aliphatic rings. The van der Waals surface area contributed by atoms with Crippen LogP contribution in [0.25, 0.3) is 0 Å². The molecule has 4 nitrogen and oxygen atoms in total. The first-order valence-corrected chi connectivity index (χ1v) is 6.94. The largest absolute Gasteiger partial charge is 0.314 e. The highest BCUT2D eigenvalue weighted by molar-refractivity contribution is 6.29. The van der Waals surface area contributed by atoms with E-state index in [1.165, 1.54) is 18.2 Å². The van der Waals surface area contributed by atoms with Crippen LogP contribution in [0.2, 0.25) is 0 Å². The fourth-order valence-electron chi connectivity index (χ4n) is 3.71. The third-order valence-electron chi connectivity index (χ3n) is 4.74. The molecule has 0 amide bonds. The summed E-state index contributed by atoms with van der Waals surface area (Å²) in [4.78, 5) is 15.7. The zero-order valence-corrected chi connectivity index (χ0v) is 10.8. The van der Waals surface area contributed by atoms with E-state index in [2.05, 4.69) is 33.8 Å². The highest BCUT2D eigenvalue weighted by Gasteiger charge is 2.47. The number of aliphatic imine (C=N–C) groups is 1. The summed E-state index contributed by atoms with van der Waals surface area (Å²) in [7, 11) is 0. The molecule has 0 spiro atoms. The molecule has 19 heavy (non-hydrogen) atoms. The average Bonchev–Trinajstić information content (AvgIpc) is 2.98. The van der Waals surface area contributed by atoms with E-state index in [0.29, 0.717) is 12.3 Å². The van der Waals surface area contributed by atoms with Gasteiger partial charge < -0.3 is 10.6 Å². The first kappa shape index (κ1) is 11.3. The van der Waals surface area contributed by atoms with Crippen molar-refractivity contribution in [2.45, 2.75) is 18.4 Å². The third-order valence-corrected chi connectivity index (χ3v) is 4.74. The lowest BCUT2D eigenvalue weighted by Gasteiger charge is -2.30. The van der Waals surface area contributed by atoms with E-state index >= 15 is 0 Å². The second kappa shape index (κ2) is 3.99. The van der Waals surface area contributed by atoms with E-state index in [4.69, 9.17) is 0 Å². The summed E-state index contributed by atoms with van der Waals surface area (Å²) in [5.74, 6) is 0.762. The highest BCUT2D eigenvalue weighted by atomic mass is 16.1. The molecule has 3 aliphatic heterocycles. The van der Waals surface area contributed by atoms with Crippen molar-refractivity contribution in [2.24, 2.45) is 10.9 Å². The molecule has 2 unspecified atom stereocenters. The maximum atomic E-state index is 11.4. The third kappa shape index (κ3) is 1.60. The van der Waals surface area contributed by atoms with Gasteiger partial charge in [-0.15, -0.1) is 0 Å². The van der Waals surface area contributed by atoms with E-state index in [0.717, 1.165) is 30.9 Å². The van der Waals surface area contributed by atoms with Gasteiger partial charge in [0.15, 0.2) is 5.78 Å². The van der Waals surface area contributed by atoms with Crippen molar-refractivity contribution in [3.63, 3.8) is 0 Å². The molecular formula is C15H17N3O. The summed E-state index contributed by atoms with van der Waals surface area (Å²) in [6.45, 7) is 3.16. The van der Waals surface area contributed by atoms with Crippen molar-refractivity contribution < 1.29 is 4.79 Å². The molecule has 2 fully saturated rings. The molecule has 2 N–H and O–H groups in total. The monoisotopic (exact) mass is 255 g/mol. The van der Waals surface area contributed by atoms with Gasteiger partial charge in [-0.25, -0.2) is 0 Å². The SMILES string of the molecule is O=C1C=Nc2cc(C34CNCC3CCN4)ccc2C1. The zero-order valence-electron chi connectivity index (χ0n) is 10.8. The highest BCUT2D eigenvalue weighted by Crippen LogP contribution is 2.40. The molecule has 0 saturated carbocycles. The minimum absolute atomic E-state index is 0.0754. The lowest BCUT2D eigenvalue weighted by Crippen LogP contribution is -2.42. The number of rotatable bonds is 1. The molecule has 2 atom stereocenters. The minimum Gasteiger partial charge on any atom is -0.314 e. The van der Waals surface area contributed by atoms with Gasteiger partial charge in [0, 0.05) is 19.5 Å². The molecule has 1 aromatic rings. The first-order chi connectivity index (χ1) is 9.28. The molecule has 4 heteroatoms. The van der Waals surface area contributed by atoms with Gasteiger partial charge in [-0.05, 0) is 36.1 Å². The van der Waals surface area contributed by atoms with Crippen LogP contribution in [0.3, 0.4) is 0 Å². The Hall–Kier alpha value is -1.52. The molecule has 3 heterocycles. The van der Waals surface area contributed by atoms with Crippen molar-refractivity contribution in [1.82, 2.24) is 10.6 Å². The molecule has 98 valence electrons. The van der Waals surface area contributed by atoms with Gasteiger partial charge in [-0.1, -0.05) is 12.1 Å². The summed E-state index contributed by atoms with van der Waals surface area (Å²) < 4.78 is 0. The Morgan fingerprint density at radius 3 is 3.26 bits per heavy atom. The van der Waals surface area contributed by atoms with Gasteiger partial charge in [-0.3, -0.25) is 9.79 Å². The lowest BCUT2D eigenvalue weighted by atomic mass is 9.81. The maximum Gasteiger partial charge on any atom is 0.178 e. The Bertz CT molecular complexity index is 569. The number of hydrogen-bond donors (Lipinski definition) is 2. The predicted octanol–water partition coefficient (Wildman–Crippen LogP) is 0.922. The Labute approximate surface area is 112 Å². The molecule has 1 aromatic carbocycles. The van der Waals surface area contributed by atoms with Crippen molar-refractivity contribution in [3.05, 3.63) is 29.3 Å². The van der Waals surface area contributed by atoms with Crippen LogP contribution in [-0.4, -0.2) is 31.6 Å². The fraction of sp³-hybridized carbons (Fsp3) is 0.467. The summed E-state index contributed by atoms with van der Waals surface area (Å²) in [5.41, 5.74) is 3.40. The molecular weight excluding hydrogens is 238 g/mol. The van der Waals surface area contributed by atoms with Crippen LogP contribution in [0.15, 0.2) is 23.2 Å². The Kier molecular flexibility index (Phi) is 2.37. The predicted molar refractivity (Wildman–Crippen MR) is 74.0 cm³/mol. The van der Waals surface area contributed by atoms with Crippen LogP contribution < -0.4 is 10.6 Å². The number of carbonyl (C=O) groups is 1. The van der Waals surface area contributed by atoms with Gasteiger partial charge in [0.05, 0.1) is 17.4 Å². The van der Waals surface area contributed by atoms with Crippen LogP contribution in [0.4, 0.5) is 5.69 Å². The normalized spacial score (nSPS) is 32.4. The van der Waals surface area contributed by atoms with Crippen LogP contribution in [-0.2, 0) is 16.8 Å². The number of benzene rings is 1. The van der Waals surface area contributed by atoms with Crippen molar-refractivity contribution in [3.8, 4) is 0 Å². The van der Waals surface area contributed by atoms with Crippen LogP contribution in [0.5, 0.6) is 0 Å². The summed E-state index contributed by atoms with van der Waals surface area (Å²) >= 11 is 0. The Morgan fingerprint density at radius 2 is 2.32 bits per heavy atom. The Balaban J connectivity index is 1.78. The summed E-state index contributed by atoms with van der Waals surface area (Å²) in [6.07, 6.45) is 3.17. The minimum atomic E-state index is 0.0754. The van der Waals surface area contributed by atoms with Gasteiger partial charge >= 0.3 is 0 Å². The maximum absolute atomic E-state index is 11.4. The van der Waals surface area contributed by atoms with E-state index in [1.54, 1.807) is 0 Å². The summed E-state index contributed by atoms with van der Waals surface area (Å²) in [6, 6.07) is 6.41. The first-order valence-electron chi connectivity index (χ1n) is 6.94. The quantitative estimate of drug-likeness (QED) is 0.784. The number of ketones is 1. The number of carbonyl (C=O) groups excluding carboxylic acids is 1. The molecule has 4 rings (SSSR count). The van der Waals surface area contributed by atoms with E-state index in [-0.39, 0.29) is 11.3 Å². The zero-order chi connectivity index (χ0) is 12.9. The van der Waals surface area contributed by atoms with E-state index in [9.17, 15) is 4.79 Å². The van der Waals surface area contributed by atoms with E-state index in [1.807, 2.05) is 0 Å². The number of nitrogens with zero attached hydrogens (tertiary/aromatic N) is 1. The van der Waals surface area contributed by atoms with Gasteiger partial charge in [0.2, 0.25) is 0 Å². The average molecular weight is 255 g/mol. The standard InChI is InChI=1S/C15H17N3O/c19-13-5-10-1-2-11(6-14(10)17-8-13)15-9-16-7-12(15)3-4-18-15/h1-2,6,8,12,16,18H,3-5,7,9H2. The second-order valence-electron chi connectivity index (χ2n) is 5.76. The van der Waals surface area contributed by atoms with Crippen LogP contribution in [0.1, 0.15) is 17.5 Å². The van der Waals surface area contributed by atoms with Gasteiger partial charge in [-0.2, -0.15) is 0 Å². The molecule has 0 radical (unpaired) electrons. The summed E-state index contributed by atoms with van der Waals surface area (Å²) in [5, 5.41) is 7.18. The van der Waals surface area contributed by atoms with Crippen LogP contribution >= 0.6 is 0 Å². The number of hydrogen-bond acceptors (Lipinski definition) is 4. The molecule has 0 aromatic heterocycles. The molecule has 0 aliphatic carbocycles. The number of Topliss-reactive ketones (excluding diaryl/α,β-unsaturated/α-hetero) is 1. The topological polar surface area (TPSA) is 53.5 Å². The van der Waals surface area contributed by atoms with Gasteiger partial charge in [0.25, 0.3) is 0 Å². The smallest absolute Gasteiger partial charge is 0.178 e. The Morgan fingerprint density at radius 1 is 1.37 bits per heavy atom. The number of nitrogens with one attached hydrogen (secondary N) is 2. The number of fused-ring (bicyclic) bond motifs is 2. The van der Waals surface area contributed by atoms with Crippen molar-refractivity contribution in [2.75, 3.05) is 19.6 Å². The molecule has 0 bridgehead atoms. The lowest BCUT2D eigenvalue weighted by molar-refractivity contribution is -0.112. The molecule has 2 saturated heterocycles. The van der Waals surface area contributed by atoms with Crippen molar-refractivity contribution >= 4 is 17.7 Å². The van der Waals surface area contributed by atoms with Crippen LogP contribution in [0, 0.1) is 5.92 Å². The van der Waals surface area contributed by atoms with Crippen molar-refractivity contribution in [1.29, 1.82) is 0 Å². The fourth-order valence-corrected chi connectivity index (χ4v) is 3.71. The van der Waals surface area contributed by atoms with Gasteiger partial charge in [0.1, 0.15) is 0 Å².